The van der Waals surface area contributed by atoms with E-state index in [1.807, 2.05) is 6.07 Å². The molecule has 0 saturated carbocycles. The maximum Gasteiger partial charge on any atom is 0.341 e. The van der Waals surface area contributed by atoms with Crippen LogP contribution in [0.5, 0.6) is 0 Å². The number of nitrogens with one attached hydrogen (secondary N) is 1. The van der Waals surface area contributed by atoms with Crippen LogP contribution in [0.2, 0.25) is 0 Å². The molecule has 0 saturated heterocycles. The van der Waals surface area contributed by atoms with Crippen molar-refractivity contribution < 1.29 is 19.1 Å². The summed E-state index contributed by atoms with van der Waals surface area (Å²) in [6.45, 7) is 1.10. The van der Waals surface area contributed by atoms with Crippen molar-refractivity contribution in [3.63, 3.8) is 0 Å². The number of hydrogen-bond donors (Lipinski definition) is 1. The Morgan fingerprint density at radius 1 is 1.12 bits per heavy atom. The van der Waals surface area contributed by atoms with Crippen LogP contribution in [0, 0.1) is 0 Å². The minimum absolute atomic E-state index is 0.229. The van der Waals surface area contributed by atoms with Crippen molar-refractivity contribution in [3.8, 4) is 0 Å². The number of anilines is 1. The molecule has 1 aliphatic carbocycles. The number of amides is 1. The summed E-state index contributed by atoms with van der Waals surface area (Å²) < 4.78 is 5.26. The van der Waals surface area contributed by atoms with Gasteiger partial charge in [0.15, 0.2) is 12.4 Å². The molecule has 5 nitrogen and oxygen atoms in total. The minimum Gasteiger partial charge on any atom is -0.454 e. The van der Waals surface area contributed by atoms with Crippen LogP contribution in [0.4, 0.5) is 5.00 Å². The average molecular weight is 357 g/mol. The molecule has 0 atom stereocenters. The molecule has 1 heterocycles. The highest BCUT2D eigenvalue weighted by Crippen LogP contribution is 2.38. The monoisotopic (exact) mass is 357 g/mol. The van der Waals surface area contributed by atoms with E-state index in [4.69, 9.17) is 4.74 Å². The number of hydrogen-bond acceptors (Lipinski definition) is 5. The molecule has 1 amide bonds. The standard InChI is InChI=1S/C19H19NO4S/c1-12(21)20-18-17(14-9-5-6-10-16(14)25-18)19(23)24-11-15(22)13-7-3-2-4-8-13/h2-4,7-8H,5-6,9-11H2,1H3,(H,20,21). The Kier molecular flexibility index (Phi) is 5.28. The van der Waals surface area contributed by atoms with E-state index in [2.05, 4.69) is 5.32 Å². The smallest absolute Gasteiger partial charge is 0.341 e. The first kappa shape index (κ1) is 17.4. The lowest BCUT2D eigenvalue weighted by atomic mass is 9.95. The number of rotatable bonds is 5. The van der Waals surface area contributed by atoms with Crippen LogP contribution in [0.15, 0.2) is 30.3 Å². The normalized spacial score (nSPS) is 13.0. The SMILES string of the molecule is CC(=O)Nc1sc2c(c1C(=O)OCC(=O)c1ccccc1)CCCC2. The number of esters is 1. The molecule has 0 aliphatic heterocycles. The van der Waals surface area contributed by atoms with Crippen LogP contribution in [-0.2, 0) is 22.4 Å². The van der Waals surface area contributed by atoms with E-state index in [0.29, 0.717) is 16.1 Å². The number of carbonyl (C=O) groups is 3. The highest BCUT2D eigenvalue weighted by atomic mass is 32.1. The van der Waals surface area contributed by atoms with E-state index in [0.717, 1.165) is 36.1 Å². The molecule has 0 fully saturated rings. The lowest BCUT2D eigenvalue weighted by Gasteiger charge is -2.12. The second kappa shape index (κ2) is 7.61. The minimum atomic E-state index is -0.549. The molecule has 3 rings (SSSR count). The van der Waals surface area contributed by atoms with Crippen molar-refractivity contribution in [1.82, 2.24) is 0 Å². The van der Waals surface area contributed by atoms with Crippen LogP contribution in [0.25, 0.3) is 0 Å². The summed E-state index contributed by atoms with van der Waals surface area (Å²) in [6.07, 6.45) is 3.78. The van der Waals surface area contributed by atoms with E-state index in [1.165, 1.54) is 18.3 Å². The number of Topliss-reactive ketones (excluding diaryl/α,β-unsaturated/α-hetero) is 1. The number of aryl methyl sites for hydroxylation is 1. The van der Waals surface area contributed by atoms with E-state index in [-0.39, 0.29) is 18.3 Å². The zero-order chi connectivity index (χ0) is 17.8. The van der Waals surface area contributed by atoms with Gasteiger partial charge in [-0.2, -0.15) is 0 Å². The molecule has 0 radical (unpaired) electrons. The van der Waals surface area contributed by atoms with Crippen LogP contribution in [0.3, 0.4) is 0 Å². The zero-order valence-electron chi connectivity index (χ0n) is 14.0. The van der Waals surface area contributed by atoms with Gasteiger partial charge in [0.05, 0.1) is 5.56 Å². The van der Waals surface area contributed by atoms with E-state index >= 15 is 0 Å². The topological polar surface area (TPSA) is 72.5 Å². The van der Waals surface area contributed by atoms with Gasteiger partial charge in [-0.05, 0) is 31.2 Å². The van der Waals surface area contributed by atoms with Crippen molar-refractivity contribution in [1.29, 1.82) is 0 Å². The molecule has 1 N–H and O–H groups in total. The predicted octanol–water partition coefficient (Wildman–Crippen LogP) is 3.63. The van der Waals surface area contributed by atoms with Crippen LogP contribution in [0.1, 0.15) is 50.9 Å². The average Bonchev–Trinajstić information content (AvgIpc) is 2.97. The number of fused-ring (bicyclic) bond motifs is 1. The third kappa shape index (κ3) is 3.96. The van der Waals surface area contributed by atoms with Gasteiger partial charge in [0, 0.05) is 17.4 Å². The number of benzene rings is 1. The van der Waals surface area contributed by atoms with Crippen LogP contribution >= 0.6 is 11.3 Å². The number of ether oxygens (including phenoxy) is 1. The summed E-state index contributed by atoms with van der Waals surface area (Å²) in [6, 6.07) is 8.72. The van der Waals surface area contributed by atoms with Crippen LogP contribution in [-0.4, -0.2) is 24.3 Å². The van der Waals surface area contributed by atoms with Gasteiger partial charge in [-0.1, -0.05) is 30.3 Å². The molecule has 1 aromatic heterocycles. The molecular weight excluding hydrogens is 338 g/mol. The third-order valence-electron chi connectivity index (χ3n) is 4.10. The van der Waals surface area contributed by atoms with Gasteiger partial charge in [0.1, 0.15) is 5.00 Å². The van der Waals surface area contributed by atoms with Crippen molar-refractivity contribution in [3.05, 3.63) is 51.9 Å². The van der Waals surface area contributed by atoms with Crippen molar-refractivity contribution in [2.75, 3.05) is 11.9 Å². The molecule has 1 aliphatic rings. The Hall–Kier alpha value is -2.47. The molecular formula is C19H19NO4S. The Labute approximate surface area is 150 Å². The second-order valence-electron chi connectivity index (χ2n) is 5.96. The van der Waals surface area contributed by atoms with Crippen LogP contribution < -0.4 is 5.32 Å². The van der Waals surface area contributed by atoms with Crippen molar-refractivity contribution in [2.45, 2.75) is 32.6 Å². The summed E-state index contributed by atoms with van der Waals surface area (Å²) in [5, 5.41) is 3.25. The summed E-state index contributed by atoms with van der Waals surface area (Å²) in [5.74, 6) is -1.03. The van der Waals surface area contributed by atoms with Gasteiger partial charge < -0.3 is 10.1 Å². The molecule has 0 spiro atoms. The fraction of sp³-hybridized carbons (Fsp3) is 0.316. The maximum atomic E-state index is 12.6. The lowest BCUT2D eigenvalue weighted by Crippen LogP contribution is -2.17. The van der Waals surface area contributed by atoms with Gasteiger partial charge in [0.2, 0.25) is 5.91 Å². The molecule has 0 bridgehead atoms. The summed E-state index contributed by atoms with van der Waals surface area (Å²) in [7, 11) is 0. The molecule has 2 aromatic rings. The fourth-order valence-corrected chi connectivity index (χ4v) is 4.26. The third-order valence-corrected chi connectivity index (χ3v) is 5.30. The quantitative estimate of drug-likeness (QED) is 0.655. The Morgan fingerprint density at radius 2 is 1.84 bits per heavy atom. The lowest BCUT2D eigenvalue weighted by molar-refractivity contribution is -0.114. The van der Waals surface area contributed by atoms with Crippen molar-refractivity contribution in [2.24, 2.45) is 0 Å². The Balaban J connectivity index is 1.78. The fourth-order valence-electron chi connectivity index (χ4n) is 2.94. The second-order valence-corrected chi connectivity index (χ2v) is 7.07. The molecule has 25 heavy (non-hydrogen) atoms. The van der Waals surface area contributed by atoms with Gasteiger partial charge in [-0.25, -0.2) is 4.79 Å². The van der Waals surface area contributed by atoms with Gasteiger partial charge in [-0.3, -0.25) is 9.59 Å². The molecule has 1 aromatic carbocycles. The summed E-state index contributed by atoms with van der Waals surface area (Å²) >= 11 is 1.43. The largest absolute Gasteiger partial charge is 0.454 e. The summed E-state index contributed by atoms with van der Waals surface area (Å²) in [4.78, 5) is 37.3. The molecule has 6 heteroatoms. The summed E-state index contributed by atoms with van der Waals surface area (Å²) in [5.41, 5.74) is 1.87. The van der Waals surface area contributed by atoms with E-state index < -0.39 is 5.97 Å². The van der Waals surface area contributed by atoms with E-state index in [1.54, 1.807) is 24.3 Å². The highest BCUT2D eigenvalue weighted by molar-refractivity contribution is 7.17. The Morgan fingerprint density at radius 3 is 2.56 bits per heavy atom. The molecule has 130 valence electrons. The van der Waals surface area contributed by atoms with E-state index in [9.17, 15) is 14.4 Å². The zero-order valence-corrected chi connectivity index (χ0v) is 14.8. The molecule has 0 unspecified atom stereocenters. The van der Waals surface area contributed by atoms with Crippen molar-refractivity contribution >= 4 is 34.0 Å². The van der Waals surface area contributed by atoms with Gasteiger partial charge in [0.25, 0.3) is 0 Å². The maximum absolute atomic E-state index is 12.6. The number of thiophene rings is 1. The first-order chi connectivity index (χ1) is 12.1. The highest BCUT2D eigenvalue weighted by Gasteiger charge is 2.27. The van der Waals surface area contributed by atoms with Gasteiger partial charge in [-0.15, -0.1) is 11.3 Å². The Bertz CT molecular complexity index is 810. The first-order valence-corrected chi connectivity index (χ1v) is 9.05. The predicted molar refractivity (Wildman–Crippen MR) is 96.3 cm³/mol. The first-order valence-electron chi connectivity index (χ1n) is 8.23. The number of carbonyl (C=O) groups excluding carboxylic acids is 3. The van der Waals surface area contributed by atoms with Gasteiger partial charge >= 0.3 is 5.97 Å². The number of ketones is 1.